The summed E-state index contributed by atoms with van der Waals surface area (Å²) in [5, 5.41) is 8.25. The molecule has 2 rings (SSSR count). The molecule has 0 radical (unpaired) electrons. The molecule has 0 bridgehead atoms. The van der Waals surface area contributed by atoms with Gasteiger partial charge in [-0.15, -0.1) is 0 Å². The van der Waals surface area contributed by atoms with Crippen molar-refractivity contribution in [2.45, 2.75) is 20.0 Å². The highest BCUT2D eigenvalue weighted by Crippen LogP contribution is 2.21. The highest BCUT2D eigenvalue weighted by Gasteiger charge is 2.17. The standard InChI is InChI=1S/C23H26N2O5/c1-17(22(25-29-4)14-18-10-6-5-7-11-18)24-30-15-19-12-8-9-13-20(19)21(16-27-2)23(26)28-3/h5-13,16H,14-15H2,1-4H3/b21-16+,24-17+,25-22+. The number of hydrogen-bond acceptors (Lipinski definition) is 7. The van der Waals surface area contributed by atoms with Crippen LogP contribution in [-0.2, 0) is 37.0 Å². The molecule has 0 aliphatic carbocycles. The number of carbonyl (C=O) groups is 1. The Labute approximate surface area is 176 Å². The maximum atomic E-state index is 12.1. The summed E-state index contributed by atoms with van der Waals surface area (Å²) in [5.41, 5.74) is 4.04. The van der Waals surface area contributed by atoms with Crippen LogP contribution in [0, 0.1) is 0 Å². The van der Waals surface area contributed by atoms with Gasteiger partial charge in [-0.3, -0.25) is 0 Å². The normalized spacial score (nSPS) is 12.3. The number of hydrogen-bond donors (Lipinski definition) is 0. The van der Waals surface area contributed by atoms with Gasteiger partial charge in [-0.1, -0.05) is 64.9 Å². The number of methoxy groups -OCH3 is 2. The maximum absolute atomic E-state index is 12.1. The minimum atomic E-state index is -0.499. The van der Waals surface area contributed by atoms with Crippen molar-refractivity contribution >= 4 is 23.0 Å². The lowest BCUT2D eigenvalue weighted by atomic mass is 10.0. The topological polar surface area (TPSA) is 78.7 Å². The van der Waals surface area contributed by atoms with Crippen LogP contribution in [0.3, 0.4) is 0 Å². The van der Waals surface area contributed by atoms with Crippen LogP contribution in [0.1, 0.15) is 23.6 Å². The van der Waals surface area contributed by atoms with E-state index in [2.05, 4.69) is 10.3 Å². The van der Waals surface area contributed by atoms with E-state index < -0.39 is 5.97 Å². The van der Waals surface area contributed by atoms with E-state index in [0.29, 0.717) is 29.0 Å². The largest absolute Gasteiger partial charge is 0.503 e. The van der Waals surface area contributed by atoms with E-state index in [-0.39, 0.29) is 6.61 Å². The van der Waals surface area contributed by atoms with Crippen molar-refractivity contribution in [3.8, 4) is 0 Å². The van der Waals surface area contributed by atoms with Gasteiger partial charge in [0.15, 0.2) is 0 Å². The lowest BCUT2D eigenvalue weighted by Gasteiger charge is -2.11. The van der Waals surface area contributed by atoms with Crippen molar-refractivity contribution in [2.24, 2.45) is 10.3 Å². The Morgan fingerprint density at radius 3 is 2.33 bits per heavy atom. The Morgan fingerprint density at radius 2 is 1.67 bits per heavy atom. The predicted molar refractivity (Wildman–Crippen MR) is 116 cm³/mol. The molecule has 158 valence electrons. The summed E-state index contributed by atoms with van der Waals surface area (Å²) < 4.78 is 9.88. The molecule has 30 heavy (non-hydrogen) atoms. The first kappa shape index (κ1) is 22.7. The fraction of sp³-hybridized carbons (Fsp3) is 0.261. The number of benzene rings is 2. The first-order chi connectivity index (χ1) is 14.6. The zero-order chi connectivity index (χ0) is 21.8. The number of nitrogens with zero attached hydrogens (tertiary/aromatic N) is 2. The second-order valence-corrected chi connectivity index (χ2v) is 6.25. The Hall–Kier alpha value is -3.61. The lowest BCUT2D eigenvalue weighted by molar-refractivity contribution is -0.133. The first-order valence-electron chi connectivity index (χ1n) is 9.31. The first-order valence-corrected chi connectivity index (χ1v) is 9.31. The zero-order valence-corrected chi connectivity index (χ0v) is 17.6. The molecule has 0 fully saturated rings. The maximum Gasteiger partial charge on any atom is 0.341 e. The van der Waals surface area contributed by atoms with E-state index in [4.69, 9.17) is 19.1 Å². The van der Waals surface area contributed by atoms with Gasteiger partial charge in [-0.25, -0.2) is 4.79 Å². The smallest absolute Gasteiger partial charge is 0.341 e. The quantitative estimate of drug-likeness (QED) is 0.195. The molecule has 0 saturated carbocycles. The van der Waals surface area contributed by atoms with Crippen molar-refractivity contribution in [1.29, 1.82) is 0 Å². The number of oxime groups is 2. The summed E-state index contributed by atoms with van der Waals surface area (Å²) in [6, 6.07) is 17.2. The summed E-state index contributed by atoms with van der Waals surface area (Å²) in [6.07, 6.45) is 1.91. The van der Waals surface area contributed by atoms with Crippen molar-refractivity contribution in [1.82, 2.24) is 0 Å². The van der Waals surface area contributed by atoms with Crippen LogP contribution in [0.2, 0.25) is 0 Å². The number of ether oxygens (including phenoxy) is 2. The molecule has 0 aliphatic rings. The summed E-state index contributed by atoms with van der Waals surface area (Å²) in [7, 11) is 4.28. The van der Waals surface area contributed by atoms with Gasteiger partial charge in [0.1, 0.15) is 30.7 Å². The molecule has 2 aromatic carbocycles. The van der Waals surface area contributed by atoms with Crippen LogP contribution in [0.25, 0.3) is 5.57 Å². The molecule has 0 unspecified atom stereocenters. The van der Waals surface area contributed by atoms with Gasteiger partial charge in [-0.2, -0.15) is 0 Å². The molecule has 0 atom stereocenters. The number of esters is 1. The third-order valence-electron chi connectivity index (χ3n) is 4.20. The molecular weight excluding hydrogens is 384 g/mol. The third kappa shape index (κ3) is 6.48. The molecule has 0 aromatic heterocycles. The van der Waals surface area contributed by atoms with E-state index in [1.807, 2.05) is 48.5 Å². The minimum Gasteiger partial charge on any atom is -0.503 e. The van der Waals surface area contributed by atoms with E-state index in [1.165, 1.54) is 27.6 Å². The van der Waals surface area contributed by atoms with Gasteiger partial charge in [0, 0.05) is 12.0 Å². The van der Waals surface area contributed by atoms with Gasteiger partial charge in [0.2, 0.25) is 0 Å². The molecule has 0 N–H and O–H groups in total. The van der Waals surface area contributed by atoms with Crippen LogP contribution in [-0.4, -0.2) is 38.7 Å². The SMILES string of the molecule is CO/C=C(/C(=O)OC)c1ccccc1CO/N=C(C)/C(Cc1ccccc1)=N/OC. The summed E-state index contributed by atoms with van der Waals surface area (Å²) in [4.78, 5) is 22.6. The molecule has 7 heteroatoms. The van der Waals surface area contributed by atoms with Crippen LogP contribution < -0.4 is 0 Å². The predicted octanol–water partition coefficient (Wildman–Crippen LogP) is 3.98. The molecule has 7 nitrogen and oxygen atoms in total. The van der Waals surface area contributed by atoms with Gasteiger partial charge in [0.05, 0.1) is 20.5 Å². The Bertz CT molecular complexity index is 920. The Morgan fingerprint density at radius 1 is 0.967 bits per heavy atom. The van der Waals surface area contributed by atoms with E-state index >= 15 is 0 Å². The molecule has 2 aromatic rings. The average molecular weight is 410 g/mol. The van der Waals surface area contributed by atoms with Crippen molar-refractivity contribution in [2.75, 3.05) is 21.3 Å². The Kier molecular flexibility index (Phi) is 9.12. The minimum absolute atomic E-state index is 0.150. The molecule has 0 saturated heterocycles. The molecular formula is C23H26N2O5. The second kappa shape index (κ2) is 12.1. The van der Waals surface area contributed by atoms with E-state index in [1.54, 1.807) is 13.0 Å². The lowest BCUT2D eigenvalue weighted by Crippen LogP contribution is -2.15. The van der Waals surface area contributed by atoms with Crippen molar-refractivity contribution < 1.29 is 23.9 Å². The molecule has 0 aliphatic heterocycles. The van der Waals surface area contributed by atoms with Crippen molar-refractivity contribution in [3.05, 3.63) is 77.5 Å². The monoisotopic (exact) mass is 410 g/mol. The fourth-order valence-electron chi connectivity index (χ4n) is 2.74. The van der Waals surface area contributed by atoms with Crippen LogP contribution in [0.5, 0.6) is 0 Å². The van der Waals surface area contributed by atoms with Gasteiger partial charge in [-0.05, 0) is 18.1 Å². The van der Waals surface area contributed by atoms with Gasteiger partial charge < -0.3 is 19.1 Å². The van der Waals surface area contributed by atoms with Gasteiger partial charge in [0.25, 0.3) is 0 Å². The highest BCUT2D eigenvalue weighted by molar-refractivity contribution is 6.41. The fourth-order valence-corrected chi connectivity index (χ4v) is 2.74. The van der Waals surface area contributed by atoms with E-state index in [0.717, 1.165) is 11.1 Å². The van der Waals surface area contributed by atoms with E-state index in [9.17, 15) is 4.79 Å². The number of rotatable bonds is 10. The molecule has 0 amide bonds. The molecule has 0 spiro atoms. The summed E-state index contributed by atoms with van der Waals surface area (Å²) in [5.74, 6) is -0.499. The van der Waals surface area contributed by atoms with Crippen LogP contribution in [0.15, 0.2) is 71.2 Å². The average Bonchev–Trinajstić information content (AvgIpc) is 2.78. The van der Waals surface area contributed by atoms with Crippen LogP contribution >= 0.6 is 0 Å². The van der Waals surface area contributed by atoms with Crippen LogP contribution in [0.4, 0.5) is 0 Å². The Balaban J connectivity index is 2.16. The molecule has 0 heterocycles. The second-order valence-electron chi connectivity index (χ2n) is 6.25. The zero-order valence-electron chi connectivity index (χ0n) is 17.6. The summed E-state index contributed by atoms with van der Waals surface area (Å²) >= 11 is 0. The highest BCUT2D eigenvalue weighted by atomic mass is 16.6. The van der Waals surface area contributed by atoms with Crippen molar-refractivity contribution in [3.63, 3.8) is 0 Å². The number of carbonyl (C=O) groups excluding carboxylic acids is 1. The third-order valence-corrected chi connectivity index (χ3v) is 4.20. The summed E-state index contributed by atoms with van der Waals surface area (Å²) in [6.45, 7) is 1.95. The van der Waals surface area contributed by atoms with Gasteiger partial charge >= 0.3 is 5.97 Å².